The van der Waals surface area contributed by atoms with Crippen LogP contribution in [0.25, 0.3) is 0 Å². The maximum atomic E-state index is 12.5. The summed E-state index contributed by atoms with van der Waals surface area (Å²) in [5, 5.41) is 11.3. The van der Waals surface area contributed by atoms with Gasteiger partial charge >= 0.3 is 6.03 Å². The second-order valence-corrected chi connectivity index (χ2v) is 6.55. The van der Waals surface area contributed by atoms with Gasteiger partial charge < -0.3 is 19.1 Å². The molecule has 1 aliphatic heterocycles. The molecule has 0 radical (unpaired) electrons. The molecular formula is C17H22N4O4S. The summed E-state index contributed by atoms with van der Waals surface area (Å²) in [7, 11) is 1.51. The molecule has 0 atom stereocenters. The van der Waals surface area contributed by atoms with Crippen LogP contribution in [-0.4, -0.2) is 48.0 Å². The zero-order valence-electron chi connectivity index (χ0n) is 15.1. The Bertz CT molecular complexity index is 780. The number of amides is 2. The Morgan fingerprint density at radius 2 is 1.88 bits per heavy atom. The van der Waals surface area contributed by atoms with Crippen LogP contribution < -0.4 is 19.5 Å². The van der Waals surface area contributed by atoms with Crippen LogP contribution in [0.4, 0.5) is 9.93 Å². The SMILES string of the molecule is CCOc1cc2c(cc1OCC)CN(C(=O)Nc1nnc(OC)s1)CC2. The lowest BCUT2D eigenvalue weighted by Gasteiger charge is -2.29. The van der Waals surface area contributed by atoms with Gasteiger partial charge in [0, 0.05) is 13.1 Å². The van der Waals surface area contributed by atoms with Gasteiger partial charge in [-0.2, -0.15) is 0 Å². The quantitative estimate of drug-likeness (QED) is 0.832. The van der Waals surface area contributed by atoms with Crippen molar-refractivity contribution in [1.29, 1.82) is 0 Å². The number of hydrogen-bond donors (Lipinski definition) is 1. The number of hydrogen-bond acceptors (Lipinski definition) is 7. The smallest absolute Gasteiger partial charge is 0.324 e. The van der Waals surface area contributed by atoms with E-state index < -0.39 is 0 Å². The molecule has 140 valence electrons. The van der Waals surface area contributed by atoms with Crippen molar-refractivity contribution >= 4 is 22.5 Å². The van der Waals surface area contributed by atoms with E-state index in [0.29, 0.717) is 42.4 Å². The van der Waals surface area contributed by atoms with Gasteiger partial charge in [-0.25, -0.2) is 4.79 Å². The fraction of sp³-hybridized carbons (Fsp3) is 0.471. The number of rotatable bonds is 6. The lowest BCUT2D eigenvalue weighted by atomic mass is 9.99. The largest absolute Gasteiger partial charge is 0.490 e. The van der Waals surface area contributed by atoms with Crippen LogP contribution in [0.15, 0.2) is 12.1 Å². The third-order valence-electron chi connectivity index (χ3n) is 3.96. The van der Waals surface area contributed by atoms with E-state index in [2.05, 4.69) is 15.5 Å². The molecule has 0 spiro atoms. The second kappa shape index (κ2) is 8.22. The van der Waals surface area contributed by atoms with Crippen molar-refractivity contribution in [3.63, 3.8) is 0 Å². The minimum atomic E-state index is -0.207. The number of benzene rings is 1. The third-order valence-corrected chi connectivity index (χ3v) is 4.76. The highest BCUT2D eigenvalue weighted by Gasteiger charge is 2.24. The van der Waals surface area contributed by atoms with Gasteiger partial charge in [-0.1, -0.05) is 5.10 Å². The number of carbonyl (C=O) groups is 1. The molecule has 2 heterocycles. The number of fused-ring (bicyclic) bond motifs is 1. The number of methoxy groups -OCH3 is 1. The number of carbonyl (C=O) groups excluding carboxylic acids is 1. The summed E-state index contributed by atoms with van der Waals surface area (Å²) in [6.07, 6.45) is 0.759. The fourth-order valence-electron chi connectivity index (χ4n) is 2.79. The first-order valence-electron chi connectivity index (χ1n) is 8.49. The molecule has 8 nitrogen and oxygen atoms in total. The van der Waals surface area contributed by atoms with Crippen molar-refractivity contribution in [1.82, 2.24) is 15.1 Å². The van der Waals surface area contributed by atoms with Crippen LogP contribution in [0.3, 0.4) is 0 Å². The highest BCUT2D eigenvalue weighted by atomic mass is 32.1. The number of ether oxygens (including phenoxy) is 3. The molecule has 26 heavy (non-hydrogen) atoms. The Labute approximate surface area is 156 Å². The van der Waals surface area contributed by atoms with Crippen LogP contribution in [0, 0.1) is 0 Å². The number of nitrogens with zero attached hydrogens (tertiary/aromatic N) is 3. The summed E-state index contributed by atoms with van der Waals surface area (Å²) in [6, 6.07) is 3.78. The Hall–Kier alpha value is -2.55. The Morgan fingerprint density at radius 1 is 1.19 bits per heavy atom. The molecule has 2 aromatic rings. The normalized spacial score (nSPS) is 13.1. The summed E-state index contributed by atoms with van der Waals surface area (Å²) in [6.45, 7) is 6.15. The van der Waals surface area contributed by atoms with E-state index in [4.69, 9.17) is 14.2 Å². The first-order chi connectivity index (χ1) is 12.6. The Morgan fingerprint density at radius 3 is 2.50 bits per heavy atom. The summed E-state index contributed by atoms with van der Waals surface area (Å²) in [5.74, 6) is 1.47. The molecule has 0 aliphatic carbocycles. The van der Waals surface area contributed by atoms with Gasteiger partial charge in [0.05, 0.1) is 20.3 Å². The van der Waals surface area contributed by atoms with Crippen LogP contribution in [0.5, 0.6) is 16.7 Å². The third kappa shape index (κ3) is 3.98. The van der Waals surface area contributed by atoms with Crippen molar-refractivity contribution < 1.29 is 19.0 Å². The first-order valence-corrected chi connectivity index (χ1v) is 9.31. The molecule has 0 unspecified atom stereocenters. The van der Waals surface area contributed by atoms with Crippen LogP contribution in [0.1, 0.15) is 25.0 Å². The van der Waals surface area contributed by atoms with E-state index in [1.165, 1.54) is 24.0 Å². The number of aromatic nitrogens is 2. The van der Waals surface area contributed by atoms with Crippen molar-refractivity contribution in [2.75, 3.05) is 32.2 Å². The topological polar surface area (TPSA) is 85.8 Å². The van der Waals surface area contributed by atoms with Crippen molar-refractivity contribution in [2.24, 2.45) is 0 Å². The van der Waals surface area contributed by atoms with E-state index in [9.17, 15) is 4.79 Å². The predicted molar refractivity (Wildman–Crippen MR) is 98.4 cm³/mol. The second-order valence-electron chi connectivity index (χ2n) is 5.61. The van der Waals surface area contributed by atoms with Gasteiger partial charge in [-0.15, -0.1) is 5.10 Å². The molecule has 0 bridgehead atoms. The van der Waals surface area contributed by atoms with Gasteiger partial charge in [-0.05, 0) is 54.9 Å². The maximum absolute atomic E-state index is 12.5. The zero-order valence-corrected chi connectivity index (χ0v) is 15.9. The average Bonchev–Trinajstić information content (AvgIpc) is 3.09. The highest BCUT2D eigenvalue weighted by molar-refractivity contribution is 7.17. The molecular weight excluding hydrogens is 356 g/mol. The van der Waals surface area contributed by atoms with Crippen LogP contribution in [0.2, 0.25) is 0 Å². The van der Waals surface area contributed by atoms with Crippen LogP contribution >= 0.6 is 11.3 Å². The van der Waals surface area contributed by atoms with Crippen molar-refractivity contribution in [2.45, 2.75) is 26.8 Å². The summed E-state index contributed by atoms with van der Waals surface area (Å²) >= 11 is 1.19. The summed E-state index contributed by atoms with van der Waals surface area (Å²) in [4.78, 5) is 14.3. The van der Waals surface area contributed by atoms with E-state index in [-0.39, 0.29) is 6.03 Å². The van der Waals surface area contributed by atoms with E-state index in [1.54, 1.807) is 4.90 Å². The molecule has 0 saturated heterocycles. The minimum Gasteiger partial charge on any atom is -0.490 e. The minimum absolute atomic E-state index is 0.207. The van der Waals surface area contributed by atoms with Gasteiger partial charge in [0.15, 0.2) is 11.5 Å². The number of anilines is 1. The van der Waals surface area contributed by atoms with Crippen molar-refractivity contribution in [3.05, 3.63) is 23.3 Å². The van der Waals surface area contributed by atoms with Gasteiger partial charge in [-0.3, -0.25) is 5.32 Å². The lowest BCUT2D eigenvalue weighted by molar-refractivity contribution is 0.206. The molecule has 9 heteroatoms. The maximum Gasteiger partial charge on any atom is 0.324 e. The van der Waals surface area contributed by atoms with E-state index in [1.807, 2.05) is 26.0 Å². The molecule has 1 aromatic heterocycles. The number of nitrogens with one attached hydrogen (secondary N) is 1. The monoisotopic (exact) mass is 378 g/mol. The van der Waals surface area contributed by atoms with Gasteiger partial charge in [0.2, 0.25) is 5.13 Å². The van der Waals surface area contributed by atoms with Gasteiger partial charge in [0.25, 0.3) is 5.19 Å². The lowest BCUT2D eigenvalue weighted by Crippen LogP contribution is -2.38. The Kier molecular flexibility index (Phi) is 5.77. The number of urea groups is 1. The fourth-order valence-corrected chi connectivity index (χ4v) is 3.34. The predicted octanol–water partition coefficient (Wildman–Crippen LogP) is 2.93. The first kappa shape index (κ1) is 18.2. The molecule has 2 amide bonds. The zero-order chi connectivity index (χ0) is 18.5. The van der Waals surface area contributed by atoms with E-state index >= 15 is 0 Å². The molecule has 1 aliphatic rings. The van der Waals surface area contributed by atoms with Crippen molar-refractivity contribution in [3.8, 4) is 16.7 Å². The molecule has 0 saturated carbocycles. The molecule has 3 rings (SSSR count). The molecule has 1 aromatic carbocycles. The summed E-state index contributed by atoms with van der Waals surface area (Å²) in [5.41, 5.74) is 2.24. The average molecular weight is 378 g/mol. The van der Waals surface area contributed by atoms with E-state index in [0.717, 1.165) is 17.7 Å². The Balaban J connectivity index is 1.73. The highest BCUT2D eigenvalue weighted by Crippen LogP contribution is 2.34. The molecule has 0 fully saturated rings. The summed E-state index contributed by atoms with van der Waals surface area (Å²) < 4.78 is 16.4. The molecule has 1 N–H and O–H groups in total. The standard InChI is InChI=1S/C17H22N4O4S/c1-4-24-13-8-11-6-7-21(10-12(11)9-14(13)25-5-2)16(22)18-15-19-20-17(23-3)26-15/h8-9H,4-7,10H2,1-3H3,(H,18,19,22). The van der Waals surface area contributed by atoms with Gasteiger partial charge in [0.1, 0.15) is 0 Å². The van der Waals surface area contributed by atoms with Crippen LogP contribution in [-0.2, 0) is 13.0 Å².